The largest absolute Gasteiger partial charge is 0.342 e. The minimum Gasteiger partial charge on any atom is -0.342 e. The smallest absolute Gasteiger partial charge is 0.303 e. The Morgan fingerprint density at radius 1 is 1.19 bits per heavy atom. The normalized spacial score (nSPS) is 21.8. The molecule has 0 unspecified atom stereocenters. The molecule has 4 heteroatoms. The molecule has 0 bridgehead atoms. The lowest BCUT2D eigenvalue weighted by molar-refractivity contribution is -0.350. The van der Waals surface area contributed by atoms with Crippen LogP contribution in [0.4, 0.5) is 8.78 Å². The third-order valence-electron chi connectivity index (χ3n) is 3.63. The molecule has 1 heterocycles. The van der Waals surface area contributed by atoms with E-state index in [2.05, 4.69) is 0 Å². The first-order valence-corrected chi connectivity index (χ1v) is 5.87. The van der Waals surface area contributed by atoms with Gasteiger partial charge in [0, 0.05) is 11.3 Å². The number of halogens is 2. The molecule has 0 atom stereocenters. The first-order chi connectivity index (χ1) is 7.21. The molecule has 2 nitrogen and oxygen atoms in total. The summed E-state index contributed by atoms with van der Waals surface area (Å²) in [6, 6.07) is 0. The van der Waals surface area contributed by atoms with Gasteiger partial charge < -0.3 is 9.47 Å². The Kier molecular flexibility index (Phi) is 3.65. The minimum absolute atomic E-state index is 0.242. The first kappa shape index (κ1) is 13.8. The third-order valence-corrected chi connectivity index (χ3v) is 3.63. The van der Waals surface area contributed by atoms with Gasteiger partial charge in [0.05, 0.1) is 13.2 Å². The van der Waals surface area contributed by atoms with Crippen LogP contribution in [0.5, 0.6) is 0 Å². The topological polar surface area (TPSA) is 18.5 Å². The van der Waals surface area contributed by atoms with E-state index < -0.39 is 23.0 Å². The van der Waals surface area contributed by atoms with Crippen LogP contribution in [0.25, 0.3) is 0 Å². The Hall–Kier alpha value is -0.220. The molecular weight excluding hydrogens is 214 g/mol. The summed E-state index contributed by atoms with van der Waals surface area (Å²) in [6.07, 6.45) is 0.579. The van der Waals surface area contributed by atoms with Crippen molar-refractivity contribution < 1.29 is 18.3 Å². The van der Waals surface area contributed by atoms with Gasteiger partial charge in [-0.3, -0.25) is 0 Å². The molecule has 0 aromatic rings. The maximum absolute atomic E-state index is 14.3. The molecule has 1 rings (SSSR count). The summed E-state index contributed by atoms with van der Waals surface area (Å²) in [6.45, 7) is 8.90. The van der Waals surface area contributed by atoms with Crippen molar-refractivity contribution in [2.75, 3.05) is 13.2 Å². The van der Waals surface area contributed by atoms with Crippen molar-refractivity contribution in [1.82, 2.24) is 0 Å². The molecule has 1 aliphatic rings. The Morgan fingerprint density at radius 2 is 1.62 bits per heavy atom. The van der Waals surface area contributed by atoms with Gasteiger partial charge in [-0.1, -0.05) is 34.6 Å². The summed E-state index contributed by atoms with van der Waals surface area (Å²) in [7, 11) is 0. The highest BCUT2D eigenvalue weighted by Gasteiger charge is 2.66. The number of ether oxygens (including phenoxy) is 2. The number of rotatable bonds is 4. The average Bonchev–Trinajstić information content (AvgIpc) is 2.67. The molecule has 1 aliphatic heterocycles. The molecule has 0 aliphatic carbocycles. The van der Waals surface area contributed by atoms with Crippen molar-refractivity contribution in [3.05, 3.63) is 0 Å². The molecule has 1 fully saturated rings. The average molecular weight is 236 g/mol. The van der Waals surface area contributed by atoms with Crippen molar-refractivity contribution in [1.29, 1.82) is 0 Å². The Bertz CT molecular complexity index is 243. The predicted molar refractivity (Wildman–Crippen MR) is 58.5 cm³/mol. The van der Waals surface area contributed by atoms with Crippen LogP contribution in [0.15, 0.2) is 0 Å². The summed E-state index contributed by atoms with van der Waals surface area (Å²) in [5.41, 5.74) is -0.711. The van der Waals surface area contributed by atoms with Gasteiger partial charge in [0.1, 0.15) is 0 Å². The van der Waals surface area contributed by atoms with E-state index in [4.69, 9.17) is 9.47 Å². The summed E-state index contributed by atoms with van der Waals surface area (Å²) in [4.78, 5) is 0. The summed E-state index contributed by atoms with van der Waals surface area (Å²) in [5.74, 6) is -5.57. The van der Waals surface area contributed by atoms with E-state index >= 15 is 0 Å². The Labute approximate surface area is 96.3 Å². The van der Waals surface area contributed by atoms with Crippen LogP contribution in [-0.4, -0.2) is 24.9 Å². The van der Waals surface area contributed by atoms with E-state index in [0.29, 0.717) is 6.42 Å². The number of hydrogen-bond acceptors (Lipinski definition) is 2. The zero-order valence-corrected chi connectivity index (χ0v) is 10.8. The first-order valence-electron chi connectivity index (χ1n) is 5.87. The number of hydrogen-bond donors (Lipinski definition) is 0. The minimum atomic E-state index is -2.98. The standard InChI is InChI=1S/C12H22F2O2/c1-6-10(4,5)12(15-7-8-16-12)11(13,14)9(2)3/h9H,6-8H2,1-5H3. The zero-order valence-electron chi connectivity index (χ0n) is 10.8. The summed E-state index contributed by atoms with van der Waals surface area (Å²) < 4.78 is 39.4. The molecule has 0 spiro atoms. The molecule has 0 aromatic heterocycles. The highest BCUT2D eigenvalue weighted by Crippen LogP contribution is 2.52. The van der Waals surface area contributed by atoms with Gasteiger partial charge in [0.25, 0.3) is 0 Å². The van der Waals surface area contributed by atoms with Crippen LogP contribution >= 0.6 is 0 Å². The highest BCUT2D eigenvalue weighted by molar-refractivity contribution is 5.01. The van der Waals surface area contributed by atoms with E-state index in [-0.39, 0.29) is 13.2 Å². The maximum atomic E-state index is 14.3. The molecule has 1 saturated heterocycles. The fraction of sp³-hybridized carbons (Fsp3) is 1.00. The van der Waals surface area contributed by atoms with Crippen LogP contribution in [0, 0.1) is 11.3 Å². The second kappa shape index (κ2) is 4.22. The van der Waals surface area contributed by atoms with E-state index in [0.717, 1.165) is 0 Å². The van der Waals surface area contributed by atoms with E-state index in [1.807, 2.05) is 6.92 Å². The molecule has 16 heavy (non-hydrogen) atoms. The summed E-state index contributed by atoms with van der Waals surface area (Å²) >= 11 is 0. The van der Waals surface area contributed by atoms with Crippen LogP contribution in [0.3, 0.4) is 0 Å². The van der Waals surface area contributed by atoms with E-state index in [9.17, 15) is 8.78 Å². The molecule has 0 aromatic carbocycles. The van der Waals surface area contributed by atoms with Gasteiger partial charge in [-0.2, -0.15) is 0 Å². The molecule has 0 N–H and O–H groups in total. The lowest BCUT2D eigenvalue weighted by atomic mass is 9.74. The monoisotopic (exact) mass is 236 g/mol. The van der Waals surface area contributed by atoms with E-state index in [1.54, 1.807) is 13.8 Å². The maximum Gasteiger partial charge on any atom is 0.303 e. The van der Waals surface area contributed by atoms with Gasteiger partial charge in [-0.15, -0.1) is 0 Å². The van der Waals surface area contributed by atoms with Gasteiger partial charge in [0.15, 0.2) is 0 Å². The molecule has 0 amide bonds. The van der Waals surface area contributed by atoms with Gasteiger partial charge in [0.2, 0.25) is 5.79 Å². The second-order valence-electron chi connectivity index (χ2n) is 5.33. The molecule has 0 saturated carbocycles. The van der Waals surface area contributed by atoms with Gasteiger partial charge in [-0.05, 0) is 6.42 Å². The quantitative estimate of drug-likeness (QED) is 0.744. The zero-order chi connectivity index (χ0) is 12.6. The van der Waals surface area contributed by atoms with Crippen molar-refractivity contribution >= 4 is 0 Å². The van der Waals surface area contributed by atoms with Crippen LogP contribution in [0.2, 0.25) is 0 Å². The molecular formula is C12H22F2O2. The van der Waals surface area contributed by atoms with Gasteiger partial charge >= 0.3 is 5.92 Å². The number of alkyl halides is 2. The van der Waals surface area contributed by atoms with Crippen molar-refractivity contribution in [3.63, 3.8) is 0 Å². The Morgan fingerprint density at radius 3 is 1.94 bits per heavy atom. The fourth-order valence-corrected chi connectivity index (χ4v) is 2.06. The third kappa shape index (κ3) is 1.76. The van der Waals surface area contributed by atoms with Crippen molar-refractivity contribution in [2.45, 2.75) is 52.7 Å². The fourth-order valence-electron chi connectivity index (χ4n) is 2.06. The Balaban J connectivity index is 3.17. The lowest BCUT2D eigenvalue weighted by Gasteiger charge is -2.47. The van der Waals surface area contributed by atoms with Gasteiger partial charge in [-0.25, -0.2) is 8.78 Å². The lowest BCUT2D eigenvalue weighted by Crippen LogP contribution is -2.61. The van der Waals surface area contributed by atoms with Crippen molar-refractivity contribution in [3.8, 4) is 0 Å². The van der Waals surface area contributed by atoms with Crippen LogP contribution in [-0.2, 0) is 9.47 Å². The van der Waals surface area contributed by atoms with Crippen LogP contribution in [0.1, 0.15) is 41.0 Å². The van der Waals surface area contributed by atoms with E-state index in [1.165, 1.54) is 13.8 Å². The molecule has 0 radical (unpaired) electrons. The van der Waals surface area contributed by atoms with Crippen LogP contribution < -0.4 is 0 Å². The van der Waals surface area contributed by atoms with Crippen molar-refractivity contribution in [2.24, 2.45) is 11.3 Å². The predicted octanol–water partition coefficient (Wildman–Crippen LogP) is 3.46. The summed E-state index contributed by atoms with van der Waals surface area (Å²) in [5, 5.41) is 0. The molecule has 96 valence electrons. The second-order valence-corrected chi connectivity index (χ2v) is 5.33. The SMILES string of the molecule is CCC(C)(C)C1(C(F)(F)C(C)C)OCCO1. The highest BCUT2D eigenvalue weighted by atomic mass is 19.3.